The maximum atomic E-state index is 14.3. The standard InChI is InChI=1S/C28H28Cl2F2N4O4/c1-2-16-9-25(16)36-14-20(27(38)19-11-24(32)22(30)12-26(19)36)28(39)33-35-7-5-34(6-8-35)13-17(37)15-40-18-3-4-21(29)23(31)10-18/h2-4,10-12,14,16-17,25,37H,1,5-9,13,15H2,(H,33,39)/t16?,17-,25?/m0/s1. The van der Waals surface area contributed by atoms with Crippen molar-refractivity contribution in [2.45, 2.75) is 18.6 Å². The summed E-state index contributed by atoms with van der Waals surface area (Å²) in [5.74, 6) is -1.45. The van der Waals surface area contributed by atoms with Crippen molar-refractivity contribution < 1.29 is 23.4 Å². The molecular formula is C28H28Cl2F2N4O4. The van der Waals surface area contributed by atoms with Crippen LogP contribution in [0.4, 0.5) is 8.78 Å². The first-order chi connectivity index (χ1) is 19.1. The number of nitrogens with one attached hydrogen (secondary N) is 1. The SMILES string of the molecule is C=CC1CC1n1cc(C(=O)NN2CCN(C[C@H](O)COc3ccc(Cl)c(F)c3)CC2)c(=O)c2cc(F)c(Cl)cc21. The monoisotopic (exact) mass is 592 g/mol. The van der Waals surface area contributed by atoms with Crippen molar-refractivity contribution in [2.75, 3.05) is 39.3 Å². The van der Waals surface area contributed by atoms with Gasteiger partial charge in [-0.3, -0.25) is 19.9 Å². The summed E-state index contributed by atoms with van der Waals surface area (Å²) in [6, 6.07) is 6.58. The van der Waals surface area contributed by atoms with E-state index in [1.54, 1.807) is 5.01 Å². The summed E-state index contributed by atoms with van der Waals surface area (Å²) >= 11 is 11.7. The molecule has 40 heavy (non-hydrogen) atoms. The number of ether oxygens (including phenoxy) is 1. The molecule has 1 saturated carbocycles. The van der Waals surface area contributed by atoms with Crippen molar-refractivity contribution in [1.82, 2.24) is 19.9 Å². The van der Waals surface area contributed by atoms with E-state index in [0.29, 0.717) is 38.2 Å². The largest absolute Gasteiger partial charge is 0.491 e. The topological polar surface area (TPSA) is 87.0 Å². The van der Waals surface area contributed by atoms with Crippen LogP contribution in [0.15, 0.2) is 54.0 Å². The molecule has 3 aromatic rings. The van der Waals surface area contributed by atoms with Gasteiger partial charge in [-0.05, 0) is 36.6 Å². The van der Waals surface area contributed by atoms with Gasteiger partial charge in [0, 0.05) is 56.4 Å². The summed E-state index contributed by atoms with van der Waals surface area (Å²) in [5.41, 5.74) is 2.60. The average molecular weight is 593 g/mol. The fraction of sp³-hybridized carbons (Fsp3) is 0.357. The third kappa shape index (κ3) is 6.16. The molecule has 3 atom stereocenters. The molecule has 1 amide bonds. The molecule has 2 fully saturated rings. The zero-order valence-electron chi connectivity index (χ0n) is 21.5. The second kappa shape index (κ2) is 11.8. The van der Waals surface area contributed by atoms with Gasteiger partial charge in [0.2, 0.25) is 5.43 Å². The first kappa shape index (κ1) is 28.5. The van der Waals surface area contributed by atoms with E-state index < -0.39 is 29.1 Å². The number of β-amino-alcohol motifs (C(OH)–C–C–N with tert-alkyl or cyclic N) is 1. The molecule has 2 heterocycles. The minimum atomic E-state index is -0.813. The van der Waals surface area contributed by atoms with Crippen molar-refractivity contribution in [3.63, 3.8) is 0 Å². The Hall–Kier alpha value is -3.02. The van der Waals surface area contributed by atoms with E-state index in [1.165, 1.54) is 24.4 Å². The van der Waals surface area contributed by atoms with Crippen LogP contribution in [0.25, 0.3) is 10.9 Å². The van der Waals surface area contributed by atoms with Crippen LogP contribution in [0.1, 0.15) is 22.8 Å². The molecule has 5 rings (SSSR count). The van der Waals surface area contributed by atoms with Gasteiger partial charge in [-0.15, -0.1) is 6.58 Å². The highest BCUT2D eigenvalue weighted by Crippen LogP contribution is 2.45. The summed E-state index contributed by atoms with van der Waals surface area (Å²) in [4.78, 5) is 28.4. The number of aliphatic hydroxyl groups excluding tert-OH is 1. The molecule has 2 aliphatic rings. The summed E-state index contributed by atoms with van der Waals surface area (Å²) in [6.45, 7) is 6.12. The van der Waals surface area contributed by atoms with Gasteiger partial charge in [-0.25, -0.2) is 13.8 Å². The van der Waals surface area contributed by atoms with Crippen LogP contribution in [0.3, 0.4) is 0 Å². The number of benzene rings is 2. The van der Waals surface area contributed by atoms with Gasteiger partial charge in [0.05, 0.1) is 15.6 Å². The Kier molecular flexibility index (Phi) is 8.44. The van der Waals surface area contributed by atoms with Gasteiger partial charge in [0.15, 0.2) is 0 Å². The Morgan fingerprint density at radius 2 is 1.88 bits per heavy atom. The van der Waals surface area contributed by atoms with Crippen LogP contribution in [-0.2, 0) is 0 Å². The molecule has 12 heteroatoms. The van der Waals surface area contributed by atoms with Crippen molar-refractivity contribution in [2.24, 2.45) is 5.92 Å². The van der Waals surface area contributed by atoms with E-state index in [0.717, 1.165) is 18.6 Å². The second-order valence-corrected chi connectivity index (χ2v) is 10.8. The number of carbonyl (C=O) groups excluding carboxylic acids is 1. The van der Waals surface area contributed by atoms with Gasteiger partial charge in [0.25, 0.3) is 5.91 Å². The number of nitrogens with zero attached hydrogens (tertiary/aromatic N) is 3. The highest BCUT2D eigenvalue weighted by Gasteiger charge is 2.37. The molecule has 2 N–H and O–H groups in total. The molecule has 8 nitrogen and oxygen atoms in total. The molecule has 2 aromatic carbocycles. The number of amides is 1. The van der Waals surface area contributed by atoms with Gasteiger partial charge >= 0.3 is 0 Å². The number of allylic oxidation sites excluding steroid dienone is 1. The lowest BCUT2D eigenvalue weighted by atomic mass is 10.1. The quantitative estimate of drug-likeness (QED) is 0.365. The predicted molar refractivity (Wildman–Crippen MR) is 149 cm³/mol. The van der Waals surface area contributed by atoms with Crippen LogP contribution < -0.4 is 15.6 Å². The maximum Gasteiger partial charge on any atom is 0.271 e. The Morgan fingerprint density at radius 3 is 2.55 bits per heavy atom. The second-order valence-electron chi connectivity index (χ2n) is 10.0. The predicted octanol–water partition coefficient (Wildman–Crippen LogP) is 4.04. The van der Waals surface area contributed by atoms with Crippen molar-refractivity contribution >= 4 is 40.0 Å². The molecule has 2 unspecified atom stereocenters. The molecular weight excluding hydrogens is 565 g/mol. The number of rotatable bonds is 9. The van der Waals surface area contributed by atoms with E-state index in [9.17, 15) is 23.5 Å². The number of carbonyl (C=O) groups is 1. The zero-order valence-corrected chi connectivity index (χ0v) is 23.0. The molecule has 1 aliphatic heterocycles. The number of hydrogen-bond donors (Lipinski definition) is 2. The van der Waals surface area contributed by atoms with Crippen molar-refractivity contribution in [1.29, 1.82) is 0 Å². The molecule has 0 bridgehead atoms. The normalized spacial score (nSPS) is 20.3. The third-order valence-electron chi connectivity index (χ3n) is 7.22. The van der Waals surface area contributed by atoms with Crippen molar-refractivity contribution in [3.05, 3.63) is 86.7 Å². The van der Waals surface area contributed by atoms with Gasteiger partial charge in [-0.2, -0.15) is 0 Å². The van der Waals surface area contributed by atoms with Crippen molar-refractivity contribution in [3.8, 4) is 5.75 Å². The smallest absolute Gasteiger partial charge is 0.271 e. The van der Waals surface area contributed by atoms with E-state index in [2.05, 4.69) is 12.0 Å². The molecule has 212 valence electrons. The molecule has 1 aliphatic carbocycles. The number of aliphatic hydroxyl groups is 1. The van der Waals surface area contributed by atoms with E-state index in [1.807, 2.05) is 15.5 Å². The molecule has 1 saturated heterocycles. The summed E-state index contributed by atoms with van der Waals surface area (Å²) in [5, 5.41) is 12.1. The summed E-state index contributed by atoms with van der Waals surface area (Å²) in [7, 11) is 0. The first-order valence-corrected chi connectivity index (χ1v) is 13.6. The Bertz CT molecular complexity index is 1510. The van der Waals surface area contributed by atoms with E-state index in [-0.39, 0.29) is 45.3 Å². The Morgan fingerprint density at radius 1 is 1.15 bits per heavy atom. The van der Waals surface area contributed by atoms with Crippen LogP contribution in [0.2, 0.25) is 10.0 Å². The number of aromatic nitrogens is 1. The maximum absolute atomic E-state index is 14.3. The summed E-state index contributed by atoms with van der Waals surface area (Å²) < 4.78 is 35.1. The lowest BCUT2D eigenvalue weighted by Crippen LogP contribution is -2.55. The fourth-order valence-electron chi connectivity index (χ4n) is 4.91. The number of piperazine rings is 1. The highest BCUT2D eigenvalue weighted by molar-refractivity contribution is 6.31. The number of pyridine rings is 1. The fourth-order valence-corrected chi connectivity index (χ4v) is 5.19. The molecule has 1 aromatic heterocycles. The summed E-state index contributed by atoms with van der Waals surface area (Å²) in [6.07, 6.45) is 3.32. The third-order valence-corrected chi connectivity index (χ3v) is 7.81. The van der Waals surface area contributed by atoms with Crippen LogP contribution in [0.5, 0.6) is 5.75 Å². The van der Waals surface area contributed by atoms with E-state index >= 15 is 0 Å². The zero-order chi connectivity index (χ0) is 28.6. The Labute approximate surface area is 239 Å². The van der Waals surface area contributed by atoms with Gasteiger partial charge < -0.3 is 14.4 Å². The number of hydrogen-bond acceptors (Lipinski definition) is 6. The Balaban J connectivity index is 1.19. The number of fused-ring (bicyclic) bond motifs is 1. The lowest BCUT2D eigenvalue weighted by Gasteiger charge is -2.35. The molecule has 0 radical (unpaired) electrons. The van der Waals surface area contributed by atoms with Gasteiger partial charge in [-0.1, -0.05) is 29.3 Å². The number of hydrazine groups is 1. The number of halogens is 4. The van der Waals surface area contributed by atoms with Crippen LogP contribution in [0, 0.1) is 17.6 Å². The minimum Gasteiger partial charge on any atom is -0.491 e. The molecule has 0 spiro atoms. The van der Waals surface area contributed by atoms with E-state index in [4.69, 9.17) is 27.9 Å². The van der Waals surface area contributed by atoms with Gasteiger partial charge in [0.1, 0.15) is 35.7 Å². The highest BCUT2D eigenvalue weighted by atomic mass is 35.5. The van der Waals surface area contributed by atoms with Crippen LogP contribution in [-0.4, -0.2) is 70.9 Å². The lowest BCUT2D eigenvalue weighted by molar-refractivity contribution is 0.0316. The first-order valence-electron chi connectivity index (χ1n) is 12.8. The average Bonchev–Trinajstić information content (AvgIpc) is 3.71. The van der Waals surface area contributed by atoms with Crippen LogP contribution >= 0.6 is 23.2 Å². The minimum absolute atomic E-state index is 0.00588.